The average Bonchev–Trinajstić information content (AvgIpc) is 2.12. The van der Waals surface area contributed by atoms with Crippen molar-refractivity contribution in [2.45, 2.75) is 40.2 Å². The summed E-state index contributed by atoms with van der Waals surface area (Å²) in [6.07, 6.45) is 5.99. The molecule has 1 amide bonds. The van der Waals surface area contributed by atoms with Gasteiger partial charge in [0, 0.05) is 5.57 Å². The Morgan fingerprint density at radius 1 is 1.46 bits per heavy atom. The number of carbonyl (C=O) groups excluding carboxylic acids is 1. The van der Waals surface area contributed by atoms with E-state index in [2.05, 4.69) is 11.2 Å². The number of carbonyl (C=O) groups is 1. The molecule has 0 aromatic heterocycles. The predicted molar refractivity (Wildman–Crippen MR) is 55.1 cm³/mol. The second-order valence-electron chi connectivity index (χ2n) is 3.23. The Morgan fingerprint density at radius 2 is 2.00 bits per heavy atom. The molecule has 0 aliphatic carbocycles. The minimum atomic E-state index is -0.151. The normalized spacial score (nSPS) is 11.3. The number of rotatable bonds is 3. The van der Waals surface area contributed by atoms with E-state index in [1.807, 2.05) is 20.8 Å². The summed E-state index contributed by atoms with van der Waals surface area (Å²) in [5.74, 6) is 2.46. The van der Waals surface area contributed by atoms with Crippen molar-refractivity contribution in [1.82, 2.24) is 5.32 Å². The number of nitrogens with one attached hydrogen (secondary N) is 1. The first-order chi connectivity index (χ1) is 6.02. The van der Waals surface area contributed by atoms with Crippen molar-refractivity contribution in [3.05, 3.63) is 11.1 Å². The van der Waals surface area contributed by atoms with Gasteiger partial charge < -0.3 is 5.32 Å². The molecule has 0 aromatic carbocycles. The Balaban J connectivity index is 4.33. The first-order valence-electron chi connectivity index (χ1n) is 4.44. The Morgan fingerprint density at radius 3 is 2.31 bits per heavy atom. The topological polar surface area (TPSA) is 29.1 Å². The molecule has 0 radical (unpaired) electrons. The van der Waals surface area contributed by atoms with Crippen molar-refractivity contribution in [2.24, 2.45) is 0 Å². The van der Waals surface area contributed by atoms with Gasteiger partial charge in [-0.3, -0.25) is 4.79 Å². The monoisotopic (exact) mass is 179 g/mol. The van der Waals surface area contributed by atoms with Gasteiger partial charge in [0.2, 0.25) is 5.91 Å². The smallest absolute Gasteiger partial charge is 0.247 e. The second-order valence-corrected chi connectivity index (χ2v) is 3.23. The van der Waals surface area contributed by atoms with Crippen LogP contribution in [0.15, 0.2) is 11.1 Å². The van der Waals surface area contributed by atoms with E-state index in [0.717, 1.165) is 17.6 Å². The maximum Gasteiger partial charge on any atom is 0.247 e. The fraction of sp³-hybridized carbons (Fsp3) is 0.545. The fourth-order valence-corrected chi connectivity index (χ4v) is 0.755. The molecule has 0 spiro atoms. The van der Waals surface area contributed by atoms with Gasteiger partial charge in [0.1, 0.15) is 0 Å². The SMILES string of the molecule is C#CC(CC)NC(=O)C(C)=C(C)C. The third-order valence-corrected chi connectivity index (χ3v) is 2.01. The van der Waals surface area contributed by atoms with Gasteiger partial charge in [-0.25, -0.2) is 0 Å². The summed E-state index contributed by atoms with van der Waals surface area (Å²) < 4.78 is 0. The van der Waals surface area contributed by atoms with Crippen LogP contribution in [0.5, 0.6) is 0 Å². The minimum absolute atomic E-state index is 0.0650. The van der Waals surface area contributed by atoms with Crippen LogP contribution in [0.1, 0.15) is 34.1 Å². The molecular formula is C11H17NO. The molecule has 0 aliphatic rings. The quantitative estimate of drug-likeness (QED) is 0.520. The largest absolute Gasteiger partial charge is 0.339 e. The van der Waals surface area contributed by atoms with Crippen LogP contribution in [0.25, 0.3) is 0 Å². The van der Waals surface area contributed by atoms with Crippen molar-refractivity contribution in [1.29, 1.82) is 0 Å². The molecule has 0 heterocycles. The molecule has 2 nitrogen and oxygen atoms in total. The van der Waals surface area contributed by atoms with Crippen molar-refractivity contribution >= 4 is 5.91 Å². The molecule has 0 aromatic rings. The van der Waals surface area contributed by atoms with Crippen LogP contribution < -0.4 is 5.32 Å². The van der Waals surface area contributed by atoms with Crippen LogP contribution in [-0.2, 0) is 4.79 Å². The third kappa shape index (κ3) is 3.80. The molecule has 1 N–H and O–H groups in total. The highest BCUT2D eigenvalue weighted by Gasteiger charge is 2.09. The highest BCUT2D eigenvalue weighted by Crippen LogP contribution is 2.02. The Bertz CT molecular complexity index is 254. The van der Waals surface area contributed by atoms with Crippen LogP contribution in [0.4, 0.5) is 0 Å². The first kappa shape index (κ1) is 11.8. The Hall–Kier alpha value is -1.23. The molecule has 0 rings (SSSR count). The lowest BCUT2D eigenvalue weighted by atomic mass is 10.1. The lowest BCUT2D eigenvalue weighted by Gasteiger charge is -2.11. The lowest BCUT2D eigenvalue weighted by molar-refractivity contribution is -0.117. The molecule has 0 aliphatic heterocycles. The summed E-state index contributed by atoms with van der Waals surface area (Å²) in [5.41, 5.74) is 1.76. The molecule has 2 heteroatoms. The Labute approximate surface area is 80.4 Å². The van der Waals surface area contributed by atoms with Gasteiger partial charge >= 0.3 is 0 Å². The zero-order valence-corrected chi connectivity index (χ0v) is 8.77. The summed E-state index contributed by atoms with van der Waals surface area (Å²) in [6.45, 7) is 7.56. The van der Waals surface area contributed by atoms with Crippen molar-refractivity contribution in [2.75, 3.05) is 0 Å². The van der Waals surface area contributed by atoms with Crippen LogP contribution in [0.3, 0.4) is 0 Å². The van der Waals surface area contributed by atoms with Gasteiger partial charge in [-0.1, -0.05) is 18.4 Å². The van der Waals surface area contributed by atoms with Gasteiger partial charge in [0.25, 0.3) is 0 Å². The van der Waals surface area contributed by atoms with Crippen LogP contribution in [-0.4, -0.2) is 11.9 Å². The van der Waals surface area contributed by atoms with Gasteiger partial charge in [-0.2, -0.15) is 0 Å². The number of hydrogen-bond donors (Lipinski definition) is 1. The van der Waals surface area contributed by atoms with E-state index in [0.29, 0.717) is 0 Å². The summed E-state index contributed by atoms with van der Waals surface area (Å²) >= 11 is 0. The minimum Gasteiger partial charge on any atom is -0.339 e. The van der Waals surface area contributed by atoms with E-state index in [4.69, 9.17) is 6.42 Å². The number of allylic oxidation sites excluding steroid dienone is 1. The Kier molecular flexibility index (Phi) is 4.91. The van der Waals surface area contributed by atoms with Crippen molar-refractivity contribution in [3.8, 4) is 12.3 Å². The average molecular weight is 179 g/mol. The van der Waals surface area contributed by atoms with Crippen LogP contribution >= 0.6 is 0 Å². The molecule has 0 saturated heterocycles. The molecule has 13 heavy (non-hydrogen) atoms. The van der Waals surface area contributed by atoms with Gasteiger partial charge in [-0.05, 0) is 27.2 Å². The summed E-state index contributed by atoms with van der Waals surface area (Å²) in [6, 6.07) is -0.151. The molecule has 1 atom stereocenters. The summed E-state index contributed by atoms with van der Waals surface area (Å²) in [5, 5.41) is 2.76. The van der Waals surface area contributed by atoms with E-state index in [-0.39, 0.29) is 11.9 Å². The molecule has 72 valence electrons. The highest BCUT2D eigenvalue weighted by molar-refractivity contribution is 5.93. The van der Waals surface area contributed by atoms with E-state index in [9.17, 15) is 4.79 Å². The highest BCUT2D eigenvalue weighted by atomic mass is 16.1. The first-order valence-corrected chi connectivity index (χ1v) is 4.44. The van der Waals surface area contributed by atoms with E-state index in [1.54, 1.807) is 6.92 Å². The molecule has 1 unspecified atom stereocenters. The molecule has 0 saturated carbocycles. The van der Waals surface area contributed by atoms with Gasteiger partial charge in [-0.15, -0.1) is 6.42 Å². The predicted octanol–water partition coefficient (Wildman–Crippen LogP) is 1.87. The number of hydrogen-bond acceptors (Lipinski definition) is 1. The van der Waals surface area contributed by atoms with Gasteiger partial charge in [0.05, 0.1) is 6.04 Å². The molecule has 0 bridgehead atoms. The maximum atomic E-state index is 11.4. The van der Waals surface area contributed by atoms with Crippen LogP contribution in [0, 0.1) is 12.3 Å². The molecule has 0 fully saturated rings. The fourth-order valence-electron chi connectivity index (χ4n) is 0.755. The summed E-state index contributed by atoms with van der Waals surface area (Å²) in [7, 11) is 0. The summed E-state index contributed by atoms with van der Waals surface area (Å²) in [4.78, 5) is 11.4. The van der Waals surface area contributed by atoms with Crippen molar-refractivity contribution < 1.29 is 4.79 Å². The van der Waals surface area contributed by atoms with Crippen molar-refractivity contribution in [3.63, 3.8) is 0 Å². The van der Waals surface area contributed by atoms with E-state index < -0.39 is 0 Å². The zero-order valence-electron chi connectivity index (χ0n) is 8.77. The lowest BCUT2D eigenvalue weighted by Crippen LogP contribution is -2.33. The van der Waals surface area contributed by atoms with Crippen LogP contribution in [0.2, 0.25) is 0 Å². The standard InChI is InChI=1S/C11H17NO/c1-6-10(7-2)12-11(13)9(5)8(3)4/h1,10H,7H2,2-5H3,(H,12,13). The maximum absolute atomic E-state index is 11.4. The second kappa shape index (κ2) is 5.42. The number of terminal acetylenes is 1. The zero-order chi connectivity index (χ0) is 10.4. The van der Waals surface area contributed by atoms with E-state index >= 15 is 0 Å². The van der Waals surface area contributed by atoms with Gasteiger partial charge in [0.15, 0.2) is 0 Å². The number of amides is 1. The van der Waals surface area contributed by atoms with E-state index in [1.165, 1.54) is 0 Å². The molecular weight excluding hydrogens is 162 g/mol. The third-order valence-electron chi connectivity index (χ3n) is 2.01.